The summed E-state index contributed by atoms with van der Waals surface area (Å²) in [6.07, 6.45) is 2.73. The monoisotopic (exact) mass is 329 g/mol. The largest absolute Gasteiger partial charge is 0.256 e. The van der Waals surface area contributed by atoms with E-state index in [1.54, 1.807) is 0 Å². The first kappa shape index (κ1) is 17.2. The van der Waals surface area contributed by atoms with Gasteiger partial charge in [-0.15, -0.1) is 0 Å². The van der Waals surface area contributed by atoms with Gasteiger partial charge in [-0.25, -0.2) is 0 Å². The van der Waals surface area contributed by atoms with Gasteiger partial charge in [0.25, 0.3) is 0 Å². The topological polar surface area (TPSA) is 12.9 Å². The minimum atomic E-state index is 0. The lowest BCUT2D eigenvalue weighted by Crippen LogP contribution is -1.95. The maximum atomic E-state index is 4.53. The highest BCUT2D eigenvalue weighted by Crippen LogP contribution is 2.28. The van der Waals surface area contributed by atoms with Crippen molar-refractivity contribution in [3.63, 3.8) is 0 Å². The Labute approximate surface area is 152 Å². The number of benzene rings is 2. The van der Waals surface area contributed by atoms with Crippen LogP contribution in [0.25, 0.3) is 16.8 Å². The fourth-order valence-corrected chi connectivity index (χ4v) is 3.51. The number of hydrogen-bond donors (Lipinski definition) is 0. The van der Waals surface area contributed by atoms with Crippen LogP contribution in [0.15, 0.2) is 61.3 Å². The molecule has 3 rings (SSSR count). The normalized spacial score (nSPS) is 10.7. The molecule has 0 N–H and O–H groups in total. The highest BCUT2D eigenvalue weighted by Gasteiger charge is 2.09. The molecule has 1 heteroatoms. The van der Waals surface area contributed by atoms with Gasteiger partial charge in [0.2, 0.25) is 0 Å². The third kappa shape index (κ3) is 3.88. The van der Waals surface area contributed by atoms with Gasteiger partial charge in [0.05, 0.1) is 5.69 Å². The molecule has 128 valence electrons. The third-order valence-electron chi connectivity index (χ3n) is 4.59. The van der Waals surface area contributed by atoms with Gasteiger partial charge in [-0.3, -0.25) is 4.98 Å². The summed E-state index contributed by atoms with van der Waals surface area (Å²) in [5.74, 6) is 0. The zero-order valence-corrected chi connectivity index (χ0v) is 15.6. The van der Waals surface area contributed by atoms with Crippen LogP contribution in [-0.2, 0) is 6.42 Å². The maximum absolute atomic E-state index is 4.53. The summed E-state index contributed by atoms with van der Waals surface area (Å²) in [4.78, 5) is 4.53. The van der Waals surface area contributed by atoms with Crippen LogP contribution in [0.2, 0.25) is 0 Å². The summed E-state index contributed by atoms with van der Waals surface area (Å²) in [5, 5.41) is 0. The molecule has 0 atom stereocenters. The molecule has 0 saturated heterocycles. The van der Waals surface area contributed by atoms with Gasteiger partial charge >= 0.3 is 0 Å². The molecule has 0 aliphatic heterocycles. The van der Waals surface area contributed by atoms with Gasteiger partial charge in [-0.2, -0.15) is 0 Å². The highest BCUT2D eigenvalue weighted by molar-refractivity contribution is 5.73. The van der Waals surface area contributed by atoms with Crippen molar-refractivity contribution in [1.82, 2.24) is 4.98 Å². The standard InChI is InChI=1S/C24H25N.H2/c1-16-11-17(2)13-21(12-16)14-19(4)23-9-8-22(15-20(23)5)24-18(3)7-6-10-25-24;/h6-13,15H,4,14H2,1-3,5H3;1H. The van der Waals surface area contributed by atoms with Crippen LogP contribution < -0.4 is 0 Å². The van der Waals surface area contributed by atoms with E-state index in [0.717, 1.165) is 17.7 Å². The Kier molecular flexibility index (Phi) is 4.85. The van der Waals surface area contributed by atoms with E-state index in [0.29, 0.717) is 0 Å². The minimum Gasteiger partial charge on any atom is -0.256 e. The van der Waals surface area contributed by atoms with Crippen molar-refractivity contribution < 1.29 is 1.43 Å². The van der Waals surface area contributed by atoms with Crippen LogP contribution in [0.4, 0.5) is 0 Å². The fraction of sp³-hybridized carbons (Fsp3) is 0.208. The molecule has 3 aromatic rings. The Morgan fingerprint density at radius 3 is 2.28 bits per heavy atom. The van der Waals surface area contributed by atoms with Gasteiger partial charge in [-0.1, -0.05) is 54.1 Å². The SMILES string of the molecule is C=C(Cc1cc(C)cc(C)c1)c1ccc(-c2ncccc2C)cc1C.[HH]. The fourth-order valence-electron chi connectivity index (χ4n) is 3.51. The average molecular weight is 329 g/mol. The van der Waals surface area contributed by atoms with E-state index in [9.17, 15) is 0 Å². The molecule has 0 unspecified atom stereocenters. The molecule has 0 bridgehead atoms. The van der Waals surface area contributed by atoms with Gasteiger partial charge in [0.15, 0.2) is 0 Å². The van der Waals surface area contributed by atoms with Crippen LogP contribution in [0.3, 0.4) is 0 Å². The Bertz CT molecular complexity index is 920. The molecular weight excluding hydrogens is 302 g/mol. The van der Waals surface area contributed by atoms with Crippen molar-refractivity contribution in [2.45, 2.75) is 34.1 Å². The highest BCUT2D eigenvalue weighted by atomic mass is 14.7. The first-order chi connectivity index (χ1) is 11.9. The van der Waals surface area contributed by atoms with Gasteiger partial charge in [0.1, 0.15) is 0 Å². The first-order valence-corrected chi connectivity index (χ1v) is 8.72. The van der Waals surface area contributed by atoms with Crippen molar-refractivity contribution in [3.05, 3.63) is 94.7 Å². The maximum Gasteiger partial charge on any atom is 0.0731 e. The van der Waals surface area contributed by atoms with Crippen LogP contribution >= 0.6 is 0 Å². The number of aryl methyl sites for hydroxylation is 4. The van der Waals surface area contributed by atoms with Crippen molar-refractivity contribution in [3.8, 4) is 11.3 Å². The summed E-state index contributed by atoms with van der Waals surface area (Å²) in [5.41, 5.74) is 11.0. The zero-order chi connectivity index (χ0) is 18.0. The Morgan fingerprint density at radius 1 is 0.920 bits per heavy atom. The van der Waals surface area contributed by atoms with Gasteiger partial charge in [-0.05, 0) is 74.1 Å². The molecule has 25 heavy (non-hydrogen) atoms. The van der Waals surface area contributed by atoms with Gasteiger partial charge < -0.3 is 0 Å². The molecule has 1 aromatic heterocycles. The second-order valence-corrected chi connectivity index (χ2v) is 6.97. The smallest absolute Gasteiger partial charge is 0.0731 e. The lowest BCUT2D eigenvalue weighted by molar-refractivity contribution is 1.22. The molecule has 0 aliphatic rings. The Balaban J connectivity index is 0.00000243. The third-order valence-corrected chi connectivity index (χ3v) is 4.59. The second-order valence-electron chi connectivity index (χ2n) is 6.97. The number of rotatable bonds is 4. The quantitative estimate of drug-likeness (QED) is 0.533. The van der Waals surface area contributed by atoms with Crippen molar-refractivity contribution in [2.24, 2.45) is 0 Å². The van der Waals surface area contributed by atoms with Crippen LogP contribution in [0.1, 0.15) is 34.8 Å². The number of nitrogens with zero attached hydrogens (tertiary/aromatic N) is 1. The summed E-state index contributed by atoms with van der Waals surface area (Å²) >= 11 is 0. The van der Waals surface area contributed by atoms with E-state index in [2.05, 4.69) is 81.7 Å². The summed E-state index contributed by atoms with van der Waals surface area (Å²) in [7, 11) is 0. The Hall–Kier alpha value is -2.67. The number of allylic oxidation sites excluding steroid dienone is 1. The molecule has 0 amide bonds. The molecule has 2 aromatic carbocycles. The molecule has 0 fully saturated rings. The van der Waals surface area contributed by atoms with Crippen LogP contribution in [0.5, 0.6) is 0 Å². The number of hydrogen-bond acceptors (Lipinski definition) is 1. The second kappa shape index (κ2) is 7.06. The average Bonchev–Trinajstić information content (AvgIpc) is 2.54. The predicted octanol–water partition coefficient (Wildman–Crippen LogP) is 6.48. The van der Waals surface area contributed by atoms with E-state index >= 15 is 0 Å². The molecular formula is C24H27N. The summed E-state index contributed by atoms with van der Waals surface area (Å²) in [6.45, 7) is 12.9. The van der Waals surface area contributed by atoms with E-state index in [1.165, 1.54) is 38.9 Å². The lowest BCUT2D eigenvalue weighted by Gasteiger charge is -2.13. The van der Waals surface area contributed by atoms with E-state index in [4.69, 9.17) is 0 Å². The zero-order valence-electron chi connectivity index (χ0n) is 15.6. The molecule has 0 aliphatic carbocycles. The lowest BCUT2D eigenvalue weighted by atomic mass is 9.92. The number of aromatic nitrogens is 1. The summed E-state index contributed by atoms with van der Waals surface area (Å²) < 4.78 is 0. The first-order valence-electron chi connectivity index (χ1n) is 8.72. The van der Waals surface area contributed by atoms with Crippen molar-refractivity contribution in [2.75, 3.05) is 0 Å². The molecule has 0 saturated carbocycles. The minimum absolute atomic E-state index is 0. The molecule has 1 nitrogen and oxygen atoms in total. The molecule has 1 heterocycles. The van der Waals surface area contributed by atoms with Gasteiger partial charge in [0, 0.05) is 13.2 Å². The van der Waals surface area contributed by atoms with Crippen LogP contribution in [-0.4, -0.2) is 4.98 Å². The molecule has 0 spiro atoms. The van der Waals surface area contributed by atoms with E-state index in [-0.39, 0.29) is 1.43 Å². The van der Waals surface area contributed by atoms with Crippen molar-refractivity contribution >= 4 is 5.57 Å². The number of pyridine rings is 1. The molecule has 0 radical (unpaired) electrons. The Morgan fingerprint density at radius 2 is 1.64 bits per heavy atom. The predicted molar refractivity (Wildman–Crippen MR) is 110 cm³/mol. The van der Waals surface area contributed by atoms with Crippen molar-refractivity contribution in [1.29, 1.82) is 0 Å². The van der Waals surface area contributed by atoms with Crippen LogP contribution in [0, 0.1) is 27.7 Å². The van der Waals surface area contributed by atoms with E-state index in [1.807, 2.05) is 12.3 Å². The van der Waals surface area contributed by atoms with E-state index < -0.39 is 0 Å². The summed E-state index contributed by atoms with van der Waals surface area (Å²) in [6, 6.07) is 17.3.